The standard InChI is InChI=1S/C27H32O10/c1-12(2)5-10-16-17(28)11-18(29)19-21(31)26(37-27-23(33)22(32)20(30)13(3)35-27)24(36-25(16)19)14-6-8-15(34-4)9-7-14/h5-9,11,13,20,22-24,26-30,32-33H,10H2,1-4H3/t13?,20-,22?,23-,24?,26?,27-/m0/s1. The monoisotopic (exact) mass is 516 g/mol. The van der Waals surface area contributed by atoms with Crippen LogP contribution in [0.1, 0.15) is 48.4 Å². The number of carbonyl (C=O) groups excluding carboxylic acids is 1. The highest BCUT2D eigenvalue weighted by atomic mass is 16.7. The van der Waals surface area contributed by atoms with Crippen LogP contribution in [0.2, 0.25) is 0 Å². The highest BCUT2D eigenvalue weighted by Crippen LogP contribution is 2.47. The van der Waals surface area contributed by atoms with Crippen molar-refractivity contribution in [3.63, 3.8) is 0 Å². The molecule has 7 atom stereocenters. The first kappa shape index (κ1) is 26.9. The van der Waals surface area contributed by atoms with Crippen LogP contribution in [0.3, 0.4) is 0 Å². The maximum absolute atomic E-state index is 13.8. The average molecular weight is 517 g/mol. The number of methoxy groups -OCH3 is 1. The van der Waals surface area contributed by atoms with E-state index < -0.39 is 54.4 Å². The van der Waals surface area contributed by atoms with Gasteiger partial charge in [0.25, 0.3) is 0 Å². The second-order valence-electron chi connectivity index (χ2n) is 9.50. The Labute approximate surface area is 214 Å². The van der Waals surface area contributed by atoms with Crippen LogP contribution >= 0.6 is 0 Å². The van der Waals surface area contributed by atoms with E-state index in [0.717, 1.165) is 11.6 Å². The number of benzene rings is 2. The number of aromatic hydroxyl groups is 2. The van der Waals surface area contributed by atoms with Gasteiger partial charge in [-0.1, -0.05) is 23.8 Å². The smallest absolute Gasteiger partial charge is 0.203 e. The van der Waals surface area contributed by atoms with Crippen LogP contribution in [0.15, 0.2) is 42.0 Å². The third kappa shape index (κ3) is 5.16. The molecule has 5 N–H and O–H groups in total. The Bertz CT molecular complexity index is 1170. The Balaban J connectivity index is 1.80. The van der Waals surface area contributed by atoms with Gasteiger partial charge in [-0.25, -0.2) is 0 Å². The molecule has 2 heterocycles. The largest absolute Gasteiger partial charge is 0.507 e. The highest BCUT2D eigenvalue weighted by Gasteiger charge is 2.48. The van der Waals surface area contributed by atoms with Gasteiger partial charge in [-0.3, -0.25) is 4.79 Å². The molecule has 0 radical (unpaired) electrons. The Morgan fingerprint density at radius 2 is 1.70 bits per heavy atom. The molecule has 1 saturated heterocycles. The summed E-state index contributed by atoms with van der Waals surface area (Å²) in [5.74, 6) is -0.794. The molecule has 0 spiro atoms. The summed E-state index contributed by atoms with van der Waals surface area (Å²) in [6.07, 6.45) is -7.33. The molecule has 2 aromatic carbocycles. The quantitative estimate of drug-likeness (QED) is 0.361. The van der Waals surface area contributed by atoms with Gasteiger partial charge < -0.3 is 44.5 Å². The number of fused-ring (bicyclic) bond motifs is 1. The second kappa shape index (κ2) is 10.7. The van der Waals surface area contributed by atoms with Gasteiger partial charge in [0, 0.05) is 11.6 Å². The summed E-state index contributed by atoms with van der Waals surface area (Å²) in [6.45, 7) is 5.28. The molecule has 4 unspecified atom stereocenters. The number of hydrogen-bond acceptors (Lipinski definition) is 10. The fourth-order valence-electron chi connectivity index (χ4n) is 4.45. The zero-order valence-corrected chi connectivity index (χ0v) is 21.0. The lowest BCUT2D eigenvalue weighted by Gasteiger charge is -2.42. The third-order valence-electron chi connectivity index (χ3n) is 6.61. The minimum atomic E-state index is -1.65. The lowest BCUT2D eigenvalue weighted by atomic mass is 9.89. The van der Waals surface area contributed by atoms with Crippen LogP contribution in [-0.2, 0) is 15.9 Å². The number of ether oxygens (including phenoxy) is 4. The van der Waals surface area contributed by atoms with Gasteiger partial charge in [0.05, 0.1) is 13.2 Å². The van der Waals surface area contributed by atoms with Gasteiger partial charge in [0.15, 0.2) is 18.5 Å². The van der Waals surface area contributed by atoms with E-state index in [1.54, 1.807) is 24.3 Å². The van der Waals surface area contributed by atoms with E-state index >= 15 is 0 Å². The summed E-state index contributed by atoms with van der Waals surface area (Å²) < 4.78 is 23.0. The molecule has 0 aromatic heterocycles. The average Bonchev–Trinajstić information content (AvgIpc) is 2.86. The van der Waals surface area contributed by atoms with Crippen molar-refractivity contribution in [3.05, 3.63) is 58.7 Å². The zero-order chi connectivity index (χ0) is 27.0. The lowest BCUT2D eigenvalue weighted by Crippen LogP contribution is -2.59. The molecular formula is C27H32O10. The van der Waals surface area contributed by atoms with Crippen molar-refractivity contribution >= 4 is 5.78 Å². The minimum absolute atomic E-state index is 0.0228. The highest BCUT2D eigenvalue weighted by molar-refractivity contribution is 6.06. The predicted octanol–water partition coefficient (Wildman–Crippen LogP) is 2.14. The molecule has 0 bridgehead atoms. The number of aliphatic hydroxyl groups excluding tert-OH is 3. The summed E-state index contributed by atoms with van der Waals surface area (Å²) in [4.78, 5) is 13.8. The lowest BCUT2D eigenvalue weighted by molar-refractivity contribution is -0.304. The Kier molecular flexibility index (Phi) is 7.77. The Morgan fingerprint density at radius 3 is 2.32 bits per heavy atom. The van der Waals surface area contributed by atoms with Gasteiger partial charge in [-0.05, 0) is 44.9 Å². The molecule has 37 heavy (non-hydrogen) atoms. The number of rotatable bonds is 6. The van der Waals surface area contributed by atoms with Crippen molar-refractivity contribution in [1.29, 1.82) is 0 Å². The van der Waals surface area contributed by atoms with E-state index in [2.05, 4.69) is 0 Å². The summed E-state index contributed by atoms with van der Waals surface area (Å²) in [5.41, 5.74) is 1.64. The van der Waals surface area contributed by atoms with E-state index in [9.17, 15) is 30.3 Å². The molecule has 2 aliphatic rings. The number of Topliss-reactive ketones (excluding diaryl/α,β-unsaturated/α-hetero) is 1. The van der Waals surface area contributed by atoms with Gasteiger partial charge in [0.1, 0.15) is 46.9 Å². The summed E-state index contributed by atoms with van der Waals surface area (Å²) in [6, 6.07) is 7.78. The van der Waals surface area contributed by atoms with Crippen LogP contribution in [0.25, 0.3) is 0 Å². The van der Waals surface area contributed by atoms with Gasteiger partial charge in [-0.2, -0.15) is 0 Å². The molecule has 10 nitrogen and oxygen atoms in total. The fourth-order valence-corrected chi connectivity index (χ4v) is 4.45. The van der Waals surface area contributed by atoms with Crippen molar-refractivity contribution in [2.75, 3.05) is 7.11 Å². The van der Waals surface area contributed by atoms with Crippen LogP contribution in [0.5, 0.6) is 23.0 Å². The maximum Gasteiger partial charge on any atom is 0.203 e. The third-order valence-corrected chi connectivity index (χ3v) is 6.61. The van der Waals surface area contributed by atoms with E-state index in [1.807, 2.05) is 19.9 Å². The number of aliphatic hydroxyl groups is 3. The molecule has 10 heteroatoms. The number of allylic oxidation sites excluding steroid dienone is 2. The van der Waals surface area contributed by atoms with Gasteiger partial charge in [0.2, 0.25) is 5.78 Å². The van der Waals surface area contributed by atoms with Crippen molar-refractivity contribution < 1.29 is 49.3 Å². The first-order valence-corrected chi connectivity index (χ1v) is 11.9. The zero-order valence-electron chi connectivity index (χ0n) is 21.0. The fraction of sp³-hybridized carbons (Fsp3) is 0.444. The molecule has 0 aliphatic carbocycles. The molecule has 200 valence electrons. The summed E-state index contributed by atoms with van der Waals surface area (Å²) >= 11 is 0. The van der Waals surface area contributed by atoms with Gasteiger partial charge >= 0.3 is 0 Å². The molecule has 4 rings (SSSR count). The van der Waals surface area contributed by atoms with Crippen molar-refractivity contribution in [1.82, 2.24) is 0 Å². The minimum Gasteiger partial charge on any atom is -0.507 e. The van der Waals surface area contributed by atoms with Crippen LogP contribution in [0.4, 0.5) is 0 Å². The summed E-state index contributed by atoms with van der Waals surface area (Å²) in [7, 11) is 1.52. The summed E-state index contributed by atoms with van der Waals surface area (Å²) in [5, 5.41) is 52.0. The first-order chi connectivity index (χ1) is 17.5. The van der Waals surface area contributed by atoms with Crippen LogP contribution in [0, 0.1) is 0 Å². The number of phenolic OH excluding ortho intramolecular Hbond substituents is 2. The predicted molar refractivity (Wildman–Crippen MR) is 131 cm³/mol. The van der Waals surface area contributed by atoms with Crippen LogP contribution < -0.4 is 9.47 Å². The maximum atomic E-state index is 13.8. The van der Waals surface area contributed by atoms with Crippen LogP contribution in [-0.4, -0.2) is 75.2 Å². The molecule has 0 saturated carbocycles. The van der Waals surface area contributed by atoms with Crippen molar-refractivity contribution in [2.45, 2.75) is 70.1 Å². The number of phenols is 2. The molecule has 2 aliphatic heterocycles. The molecular weight excluding hydrogens is 484 g/mol. The Morgan fingerprint density at radius 1 is 1.03 bits per heavy atom. The van der Waals surface area contributed by atoms with E-state index in [1.165, 1.54) is 14.0 Å². The first-order valence-electron chi connectivity index (χ1n) is 11.9. The van der Waals surface area contributed by atoms with Crippen molar-refractivity contribution in [3.8, 4) is 23.0 Å². The van der Waals surface area contributed by atoms with E-state index in [-0.39, 0.29) is 23.5 Å². The Hall–Kier alpha value is -3.15. The van der Waals surface area contributed by atoms with Gasteiger partial charge in [-0.15, -0.1) is 0 Å². The molecule has 0 amide bonds. The normalized spacial score (nSPS) is 29.3. The van der Waals surface area contributed by atoms with Crippen molar-refractivity contribution in [2.24, 2.45) is 0 Å². The number of carbonyl (C=O) groups is 1. The number of hydrogen-bond donors (Lipinski definition) is 5. The SMILES string of the molecule is COc1ccc(C2Oc3c(CC=C(C)C)c(O)cc(O)c3C(=O)C2O[C@@H]2OC(C)[C@H](O)C(O)[C@@H]2O)cc1. The topological polar surface area (TPSA) is 155 Å². The number of ketones is 1. The molecule has 2 aromatic rings. The van der Waals surface area contributed by atoms with E-state index in [4.69, 9.17) is 18.9 Å². The second-order valence-corrected chi connectivity index (χ2v) is 9.50. The molecule has 1 fully saturated rings. The van der Waals surface area contributed by atoms with E-state index in [0.29, 0.717) is 16.9 Å².